The summed E-state index contributed by atoms with van der Waals surface area (Å²) in [4.78, 5) is 6.17. The Balaban J connectivity index is 2.28. The molecule has 0 spiro atoms. The highest BCUT2D eigenvalue weighted by atomic mass is 16.5. The van der Waals surface area contributed by atoms with Crippen LogP contribution in [0, 0.1) is 0 Å². The average molecular weight is 255 g/mol. The van der Waals surface area contributed by atoms with Gasteiger partial charge in [0.25, 0.3) is 0 Å². The third-order valence-electron chi connectivity index (χ3n) is 2.79. The summed E-state index contributed by atoms with van der Waals surface area (Å²) in [5, 5.41) is 0. The third-order valence-corrected chi connectivity index (χ3v) is 2.79. The highest BCUT2D eigenvalue weighted by Crippen LogP contribution is 2.26. The maximum Gasteiger partial charge on any atom is 0.200 e. The lowest BCUT2D eigenvalue weighted by atomic mass is 10.3. The summed E-state index contributed by atoms with van der Waals surface area (Å²) in [6.07, 6.45) is 0. The summed E-state index contributed by atoms with van der Waals surface area (Å²) >= 11 is 0. The molecule has 0 radical (unpaired) electrons. The predicted octanol–water partition coefficient (Wildman–Crippen LogP) is 2.78. The Bertz CT molecular complexity index is 567. The topological polar surface area (TPSA) is 50.9 Å². The molecular formula is C15H17N3O. The van der Waals surface area contributed by atoms with Gasteiger partial charge >= 0.3 is 0 Å². The zero-order valence-electron chi connectivity index (χ0n) is 11.1. The highest BCUT2D eigenvalue weighted by molar-refractivity contribution is 5.97. The van der Waals surface area contributed by atoms with Gasteiger partial charge in [-0.25, -0.2) is 4.99 Å². The maximum atomic E-state index is 6.03. The van der Waals surface area contributed by atoms with Crippen LogP contribution in [0.3, 0.4) is 0 Å². The number of anilines is 1. The third kappa shape index (κ3) is 3.04. The minimum Gasteiger partial charge on any atom is -0.495 e. The molecule has 19 heavy (non-hydrogen) atoms. The van der Waals surface area contributed by atoms with Gasteiger partial charge in [0.05, 0.1) is 18.5 Å². The van der Waals surface area contributed by atoms with E-state index < -0.39 is 0 Å². The summed E-state index contributed by atoms with van der Waals surface area (Å²) in [5.74, 6) is 1.17. The molecule has 0 aliphatic heterocycles. The van der Waals surface area contributed by atoms with Crippen molar-refractivity contribution in [3.05, 3.63) is 54.6 Å². The van der Waals surface area contributed by atoms with Gasteiger partial charge in [-0.3, -0.25) is 0 Å². The maximum absolute atomic E-state index is 6.03. The average Bonchev–Trinajstić information content (AvgIpc) is 2.47. The van der Waals surface area contributed by atoms with E-state index >= 15 is 0 Å². The predicted molar refractivity (Wildman–Crippen MR) is 79.1 cm³/mol. The van der Waals surface area contributed by atoms with E-state index in [9.17, 15) is 0 Å². The van der Waals surface area contributed by atoms with Crippen molar-refractivity contribution in [1.29, 1.82) is 0 Å². The molecule has 4 nitrogen and oxygen atoms in total. The number of aliphatic imine (C=N–C) groups is 1. The molecule has 4 heteroatoms. The molecule has 0 aromatic heterocycles. The van der Waals surface area contributed by atoms with E-state index in [0.29, 0.717) is 5.96 Å². The molecule has 0 aliphatic rings. The molecule has 0 saturated heterocycles. The number of rotatable bonds is 3. The SMILES string of the molecule is COc1ccccc1N(C)C(N)=Nc1ccccc1. The van der Waals surface area contributed by atoms with Crippen LogP contribution in [0.5, 0.6) is 5.75 Å². The number of hydrogen-bond acceptors (Lipinski definition) is 2. The first kappa shape index (κ1) is 13.0. The van der Waals surface area contributed by atoms with Crippen molar-refractivity contribution in [2.75, 3.05) is 19.1 Å². The molecule has 0 aliphatic carbocycles. The van der Waals surface area contributed by atoms with Gasteiger partial charge in [-0.2, -0.15) is 0 Å². The Labute approximate surface area is 113 Å². The minimum atomic E-state index is 0.413. The van der Waals surface area contributed by atoms with Crippen molar-refractivity contribution in [2.24, 2.45) is 10.7 Å². The molecular weight excluding hydrogens is 238 g/mol. The van der Waals surface area contributed by atoms with E-state index in [1.807, 2.05) is 61.6 Å². The first-order valence-corrected chi connectivity index (χ1v) is 5.98. The van der Waals surface area contributed by atoms with Crippen LogP contribution in [0.4, 0.5) is 11.4 Å². The summed E-state index contributed by atoms with van der Waals surface area (Å²) in [6, 6.07) is 17.3. The van der Waals surface area contributed by atoms with Gasteiger partial charge in [-0.05, 0) is 24.3 Å². The molecule has 2 aromatic rings. The van der Waals surface area contributed by atoms with Gasteiger partial charge in [-0.1, -0.05) is 30.3 Å². The van der Waals surface area contributed by atoms with Crippen LogP contribution in [0.1, 0.15) is 0 Å². The van der Waals surface area contributed by atoms with Crippen molar-refractivity contribution in [1.82, 2.24) is 0 Å². The lowest BCUT2D eigenvalue weighted by molar-refractivity contribution is 0.416. The van der Waals surface area contributed by atoms with Crippen molar-refractivity contribution in [2.45, 2.75) is 0 Å². The second-order valence-electron chi connectivity index (χ2n) is 4.04. The zero-order chi connectivity index (χ0) is 13.7. The van der Waals surface area contributed by atoms with E-state index in [0.717, 1.165) is 17.1 Å². The Kier molecular flexibility index (Phi) is 4.03. The molecule has 0 bridgehead atoms. The molecule has 0 saturated carbocycles. The van der Waals surface area contributed by atoms with Crippen LogP contribution in [0.2, 0.25) is 0 Å². The number of ether oxygens (including phenoxy) is 1. The number of hydrogen-bond donors (Lipinski definition) is 1. The summed E-state index contributed by atoms with van der Waals surface area (Å²) in [5.41, 5.74) is 7.72. The smallest absolute Gasteiger partial charge is 0.200 e. The first-order chi connectivity index (χ1) is 9.22. The largest absolute Gasteiger partial charge is 0.495 e. The molecule has 0 heterocycles. The molecule has 2 rings (SSSR count). The summed E-state index contributed by atoms with van der Waals surface area (Å²) in [7, 11) is 3.50. The Morgan fingerprint density at radius 3 is 2.37 bits per heavy atom. The van der Waals surface area contributed by atoms with Crippen LogP contribution in [0.15, 0.2) is 59.6 Å². The number of benzene rings is 2. The van der Waals surface area contributed by atoms with Gasteiger partial charge in [-0.15, -0.1) is 0 Å². The fourth-order valence-corrected chi connectivity index (χ4v) is 1.74. The molecule has 0 unspecified atom stereocenters. The standard InChI is InChI=1S/C15H17N3O/c1-18(13-10-6-7-11-14(13)19-2)15(16)17-12-8-4-3-5-9-12/h3-11H,1-2H3,(H2,16,17). The first-order valence-electron chi connectivity index (χ1n) is 5.98. The molecule has 0 atom stereocenters. The van der Waals surface area contributed by atoms with E-state index in [-0.39, 0.29) is 0 Å². The van der Waals surface area contributed by atoms with E-state index in [2.05, 4.69) is 4.99 Å². The number of nitrogens with zero attached hydrogens (tertiary/aromatic N) is 2. The van der Waals surface area contributed by atoms with Gasteiger partial charge in [0.1, 0.15) is 5.75 Å². The van der Waals surface area contributed by atoms with E-state index in [1.54, 1.807) is 12.0 Å². The van der Waals surface area contributed by atoms with Crippen molar-refractivity contribution < 1.29 is 4.74 Å². The zero-order valence-corrected chi connectivity index (χ0v) is 11.1. The molecule has 2 aromatic carbocycles. The van der Waals surface area contributed by atoms with Gasteiger partial charge in [0, 0.05) is 7.05 Å². The second-order valence-corrected chi connectivity index (χ2v) is 4.04. The Hall–Kier alpha value is -2.49. The minimum absolute atomic E-state index is 0.413. The number of para-hydroxylation sites is 3. The Morgan fingerprint density at radius 1 is 1.05 bits per heavy atom. The number of nitrogens with two attached hydrogens (primary N) is 1. The number of methoxy groups -OCH3 is 1. The van der Waals surface area contributed by atoms with Crippen LogP contribution in [0.25, 0.3) is 0 Å². The molecule has 0 fully saturated rings. The fraction of sp³-hybridized carbons (Fsp3) is 0.133. The molecule has 98 valence electrons. The lowest BCUT2D eigenvalue weighted by Gasteiger charge is -2.20. The fourth-order valence-electron chi connectivity index (χ4n) is 1.74. The van der Waals surface area contributed by atoms with Gasteiger partial charge in [0.15, 0.2) is 0 Å². The summed E-state index contributed by atoms with van der Waals surface area (Å²) < 4.78 is 5.31. The van der Waals surface area contributed by atoms with Crippen molar-refractivity contribution in [3.63, 3.8) is 0 Å². The van der Waals surface area contributed by atoms with Crippen molar-refractivity contribution in [3.8, 4) is 5.75 Å². The van der Waals surface area contributed by atoms with Gasteiger partial charge in [0.2, 0.25) is 5.96 Å². The van der Waals surface area contributed by atoms with Crippen LogP contribution in [-0.4, -0.2) is 20.1 Å². The monoisotopic (exact) mass is 255 g/mol. The second kappa shape index (κ2) is 5.91. The van der Waals surface area contributed by atoms with E-state index in [4.69, 9.17) is 10.5 Å². The quantitative estimate of drug-likeness (QED) is 0.677. The van der Waals surface area contributed by atoms with E-state index in [1.165, 1.54) is 0 Å². The highest BCUT2D eigenvalue weighted by Gasteiger charge is 2.10. The van der Waals surface area contributed by atoms with Crippen LogP contribution < -0.4 is 15.4 Å². The normalized spacial score (nSPS) is 11.2. The number of guanidine groups is 1. The Morgan fingerprint density at radius 2 is 1.68 bits per heavy atom. The summed E-state index contributed by atoms with van der Waals surface area (Å²) in [6.45, 7) is 0. The molecule has 2 N–H and O–H groups in total. The van der Waals surface area contributed by atoms with Gasteiger partial charge < -0.3 is 15.4 Å². The van der Waals surface area contributed by atoms with Crippen molar-refractivity contribution >= 4 is 17.3 Å². The van der Waals surface area contributed by atoms with Crippen LogP contribution in [-0.2, 0) is 0 Å². The van der Waals surface area contributed by atoms with Crippen LogP contribution >= 0.6 is 0 Å². The lowest BCUT2D eigenvalue weighted by Crippen LogP contribution is -2.33. The molecule has 0 amide bonds.